The van der Waals surface area contributed by atoms with Gasteiger partial charge in [-0.05, 0) is 48.9 Å². The minimum atomic E-state index is -0.362. The van der Waals surface area contributed by atoms with Gasteiger partial charge >= 0.3 is 0 Å². The Labute approximate surface area is 120 Å². The number of aryl methyl sites for hydroxylation is 1. The molecule has 0 saturated heterocycles. The zero-order valence-electron chi connectivity index (χ0n) is 10.7. The van der Waals surface area contributed by atoms with E-state index in [9.17, 15) is 9.18 Å². The number of fused-ring (bicyclic) bond motifs is 1. The van der Waals surface area contributed by atoms with Crippen molar-refractivity contribution >= 4 is 28.3 Å². The number of ketones is 1. The van der Waals surface area contributed by atoms with Gasteiger partial charge in [-0.2, -0.15) is 0 Å². The van der Waals surface area contributed by atoms with Gasteiger partial charge in [0.1, 0.15) is 5.82 Å². The third-order valence-corrected chi connectivity index (χ3v) is 3.56. The fourth-order valence-corrected chi connectivity index (χ4v) is 2.53. The van der Waals surface area contributed by atoms with Gasteiger partial charge in [0.15, 0.2) is 5.78 Å². The van der Waals surface area contributed by atoms with Crippen molar-refractivity contribution < 1.29 is 9.18 Å². The molecule has 0 fully saturated rings. The van der Waals surface area contributed by atoms with Crippen molar-refractivity contribution in [1.29, 1.82) is 0 Å². The van der Waals surface area contributed by atoms with Gasteiger partial charge in [0, 0.05) is 33.2 Å². The molecule has 0 amide bonds. The highest BCUT2D eigenvalue weighted by Gasteiger charge is 2.16. The summed E-state index contributed by atoms with van der Waals surface area (Å²) in [5.41, 5.74) is 2.57. The van der Waals surface area contributed by atoms with Crippen LogP contribution in [0.5, 0.6) is 0 Å². The lowest BCUT2D eigenvalue weighted by atomic mass is 9.99. The highest BCUT2D eigenvalue weighted by atomic mass is 35.5. The first-order valence-electron chi connectivity index (χ1n) is 6.14. The molecule has 0 aliphatic rings. The van der Waals surface area contributed by atoms with Crippen molar-refractivity contribution in [1.82, 2.24) is 4.98 Å². The van der Waals surface area contributed by atoms with E-state index < -0.39 is 0 Å². The third-order valence-electron chi connectivity index (χ3n) is 3.32. The maximum absolute atomic E-state index is 13.3. The molecule has 0 aliphatic carbocycles. The maximum Gasteiger partial charge on any atom is 0.195 e. The molecule has 1 aromatic heterocycles. The Morgan fingerprint density at radius 2 is 1.95 bits per heavy atom. The zero-order valence-corrected chi connectivity index (χ0v) is 11.5. The minimum absolute atomic E-state index is 0.143. The second-order valence-electron chi connectivity index (χ2n) is 4.68. The van der Waals surface area contributed by atoms with Crippen LogP contribution in [0.3, 0.4) is 0 Å². The number of rotatable bonds is 2. The van der Waals surface area contributed by atoms with Gasteiger partial charge in [-0.15, -0.1) is 0 Å². The van der Waals surface area contributed by atoms with Crippen molar-refractivity contribution in [3.8, 4) is 0 Å². The van der Waals surface area contributed by atoms with E-state index in [4.69, 9.17) is 11.6 Å². The third kappa shape index (κ3) is 2.10. The number of hydrogen-bond donors (Lipinski definition) is 1. The first-order valence-corrected chi connectivity index (χ1v) is 6.51. The van der Waals surface area contributed by atoms with Crippen molar-refractivity contribution in [2.45, 2.75) is 6.92 Å². The van der Waals surface area contributed by atoms with E-state index in [2.05, 4.69) is 4.98 Å². The van der Waals surface area contributed by atoms with E-state index in [1.165, 1.54) is 12.1 Å². The Morgan fingerprint density at radius 1 is 1.15 bits per heavy atom. The van der Waals surface area contributed by atoms with Crippen LogP contribution in [0.1, 0.15) is 21.5 Å². The average molecular weight is 288 g/mol. The maximum atomic E-state index is 13.3. The first kappa shape index (κ1) is 12.9. The molecule has 20 heavy (non-hydrogen) atoms. The van der Waals surface area contributed by atoms with Crippen LogP contribution in [0.15, 0.2) is 42.6 Å². The summed E-state index contributed by atoms with van der Waals surface area (Å²) >= 11 is 5.90. The molecular weight excluding hydrogens is 277 g/mol. The SMILES string of the molecule is Cc1cc(Cl)ccc1C(=O)c1c[nH]c2ccc(F)cc12. The van der Waals surface area contributed by atoms with E-state index in [-0.39, 0.29) is 11.6 Å². The first-order chi connectivity index (χ1) is 9.56. The highest BCUT2D eigenvalue weighted by Crippen LogP contribution is 2.24. The van der Waals surface area contributed by atoms with E-state index >= 15 is 0 Å². The predicted octanol–water partition coefficient (Wildman–Crippen LogP) is 4.50. The molecule has 0 atom stereocenters. The van der Waals surface area contributed by atoms with Gasteiger partial charge < -0.3 is 4.98 Å². The summed E-state index contributed by atoms with van der Waals surface area (Å²) in [4.78, 5) is 15.6. The lowest BCUT2D eigenvalue weighted by Crippen LogP contribution is -2.02. The average Bonchev–Trinajstić information content (AvgIpc) is 2.81. The number of nitrogens with one attached hydrogen (secondary N) is 1. The fourth-order valence-electron chi connectivity index (χ4n) is 2.31. The smallest absolute Gasteiger partial charge is 0.195 e. The largest absolute Gasteiger partial charge is 0.360 e. The molecule has 1 N–H and O–H groups in total. The Kier molecular flexibility index (Phi) is 3.07. The fraction of sp³-hybridized carbons (Fsp3) is 0.0625. The van der Waals surface area contributed by atoms with Crippen LogP contribution >= 0.6 is 11.6 Å². The Bertz CT molecular complexity index is 822. The Morgan fingerprint density at radius 3 is 2.70 bits per heavy atom. The molecular formula is C16H11ClFNO. The minimum Gasteiger partial charge on any atom is -0.360 e. The van der Waals surface area contributed by atoms with Crippen LogP contribution in [-0.4, -0.2) is 10.8 Å². The van der Waals surface area contributed by atoms with Crippen LogP contribution in [0.25, 0.3) is 10.9 Å². The van der Waals surface area contributed by atoms with Crippen molar-refractivity contribution in [2.24, 2.45) is 0 Å². The summed E-state index contributed by atoms with van der Waals surface area (Å²) in [5, 5.41) is 1.17. The monoisotopic (exact) mass is 287 g/mol. The van der Waals surface area contributed by atoms with Crippen molar-refractivity contribution in [3.63, 3.8) is 0 Å². The molecule has 0 spiro atoms. The van der Waals surface area contributed by atoms with Gasteiger partial charge in [-0.3, -0.25) is 4.79 Å². The Balaban J connectivity index is 2.15. The summed E-state index contributed by atoms with van der Waals surface area (Å²) in [6.45, 7) is 1.83. The number of aromatic amines is 1. The van der Waals surface area contributed by atoms with Crippen molar-refractivity contribution in [2.75, 3.05) is 0 Å². The Hall–Kier alpha value is -2.13. The number of carbonyl (C=O) groups is 1. The van der Waals surface area contributed by atoms with Gasteiger partial charge in [0.2, 0.25) is 0 Å². The number of halogens is 2. The number of hydrogen-bond acceptors (Lipinski definition) is 1. The van der Waals surface area contributed by atoms with Crippen LogP contribution in [0.4, 0.5) is 4.39 Å². The molecule has 2 nitrogen and oxygen atoms in total. The summed E-state index contributed by atoms with van der Waals surface area (Å²) in [7, 11) is 0. The second-order valence-corrected chi connectivity index (χ2v) is 5.12. The quantitative estimate of drug-likeness (QED) is 0.692. The molecule has 0 unspecified atom stereocenters. The van der Waals surface area contributed by atoms with E-state index in [1.54, 1.807) is 30.5 Å². The van der Waals surface area contributed by atoms with Crippen LogP contribution in [0, 0.1) is 12.7 Å². The highest BCUT2D eigenvalue weighted by molar-refractivity contribution is 6.31. The van der Waals surface area contributed by atoms with Gasteiger partial charge in [0.05, 0.1) is 0 Å². The number of H-pyrrole nitrogens is 1. The molecule has 4 heteroatoms. The molecule has 2 aromatic carbocycles. The normalized spacial score (nSPS) is 10.9. The second kappa shape index (κ2) is 4.76. The molecule has 1 heterocycles. The van der Waals surface area contributed by atoms with Crippen LogP contribution in [-0.2, 0) is 0 Å². The molecule has 0 saturated carbocycles. The number of carbonyl (C=O) groups excluding carboxylic acids is 1. The number of aromatic nitrogens is 1. The molecule has 0 bridgehead atoms. The molecule has 3 aromatic rings. The van der Waals surface area contributed by atoms with E-state index in [0.29, 0.717) is 21.5 Å². The summed E-state index contributed by atoms with van der Waals surface area (Å²) in [6, 6.07) is 9.46. The van der Waals surface area contributed by atoms with Gasteiger partial charge in [0.25, 0.3) is 0 Å². The lowest BCUT2D eigenvalue weighted by molar-refractivity contribution is 0.104. The lowest BCUT2D eigenvalue weighted by Gasteiger charge is -2.04. The summed E-state index contributed by atoms with van der Waals surface area (Å²) in [5.74, 6) is -0.505. The van der Waals surface area contributed by atoms with Crippen LogP contribution < -0.4 is 0 Å². The van der Waals surface area contributed by atoms with E-state index in [0.717, 1.165) is 11.1 Å². The van der Waals surface area contributed by atoms with Gasteiger partial charge in [-0.25, -0.2) is 4.39 Å². The molecule has 100 valence electrons. The van der Waals surface area contributed by atoms with Crippen LogP contribution in [0.2, 0.25) is 5.02 Å². The van der Waals surface area contributed by atoms with Crippen molar-refractivity contribution in [3.05, 3.63) is 70.1 Å². The molecule has 0 aliphatic heterocycles. The zero-order chi connectivity index (χ0) is 14.3. The van der Waals surface area contributed by atoms with E-state index in [1.807, 2.05) is 6.92 Å². The standard InChI is InChI=1S/C16H11ClFNO/c1-9-6-10(17)2-4-12(9)16(20)14-8-19-15-5-3-11(18)7-13(14)15/h2-8,19H,1H3. The predicted molar refractivity (Wildman–Crippen MR) is 77.9 cm³/mol. The summed E-state index contributed by atoms with van der Waals surface area (Å²) < 4.78 is 13.3. The summed E-state index contributed by atoms with van der Waals surface area (Å²) in [6.07, 6.45) is 1.61. The topological polar surface area (TPSA) is 32.9 Å². The molecule has 3 rings (SSSR count). The number of benzene rings is 2. The molecule has 0 radical (unpaired) electrons. The van der Waals surface area contributed by atoms with Gasteiger partial charge in [-0.1, -0.05) is 11.6 Å².